The van der Waals surface area contributed by atoms with Crippen LogP contribution in [-0.4, -0.2) is 40.6 Å². The summed E-state index contributed by atoms with van der Waals surface area (Å²) in [6.07, 6.45) is 6.79. The summed E-state index contributed by atoms with van der Waals surface area (Å²) in [4.78, 5) is 13.9. The van der Waals surface area contributed by atoms with E-state index in [2.05, 4.69) is 37.6 Å². The van der Waals surface area contributed by atoms with Gasteiger partial charge in [0, 0.05) is 41.2 Å². The highest BCUT2D eigenvalue weighted by molar-refractivity contribution is 7.99. The molecule has 0 atom stereocenters. The van der Waals surface area contributed by atoms with Crippen molar-refractivity contribution >= 4 is 34.7 Å². The number of hydrogen-bond donors (Lipinski definition) is 1. The second-order valence-corrected chi connectivity index (χ2v) is 9.73. The molecule has 0 radical (unpaired) electrons. The number of amides is 1. The first-order valence-corrected chi connectivity index (χ1v) is 12.6. The maximum Gasteiger partial charge on any atom is 0.234 e. The summed E-state index contributed by atoms with van der Waals surface area (Å²) in [6.45, 7) is 0. The molecular weight excluding hydrogens is 444 g/mol. The number of ether oxygens (including phenoxy) is 2. The molecule has 0 bridgehead atoms. The first-order valence-electron chi connectivity index (χ1n) is 10.8. The van der Waals surface area contributed by atoms with Crippen LogP contribution in [0.25, 0.3) is 0 Å². The Hall–Kier alpha value is -2.52. The Morgan fingerprint density at radius 1 is 1.16 bits per heavy atom. The molecule has 9 heteroatoms. The Morgan fingerprint density at radius 2 is 1.91 bits per heavy atom. The highest BCUT2D eigenvalue weighted by Gasteiger charge is 2.24. The number of hydrogen-bond acceptors (Lipinski definition) is 7. The molecule has 1 fully saturated rings. The number of rotatable bonds is 9. The van der Waals surface area contributed by atoms with E-state index < -0.39 is 0 Å². The van der Waals surface area contributed by atoms with E-state index in [1.54, 1.807) is 43.8 Å². The number of benzene rings is 1. The zero-order valence-electron chi connectivity index (χ0n) is 18.4. The highest BCUT2D eigenvalue weighted by atomic mass is 32.2. The van der Waals surface area contributed by atoms with Crippen LogP contribution in [0.2, 0.25) is 0 Å². The standard InChI is InChI=1S/C23H28N4O3S2/c1-29-18-11-16(12-19(13-18)30-2)24-22(28)15-32-23-26-25-21(14-20-9-6-10-31-20)27(23)17-7-4-3-5-8-17/h6,9-13,17H,3-5,7-8,14-15H2,1-2H3,(H,24,28). The number of thiophene rings is 1. The zero-order chi connectivity index (χ0) is 22.3. The van der Waals surface area contributed by atoms with E-state index in [0.29, 0.717) is 23.2 Å². The summed E-state index contributed by atoms with van der Waals surface area (Å²) in [5, 5.41) is 14.8. The zero-order valence-corrected chi connectivity index (χ0v) is 20.0. The molecule has 1 aliphatic carbocycles. The predicted octanol–water partition coefficient (Wildman–Crippen LogP) is 5.18. The molecule has 1 amide bonds. The third kappa shape index (κ3) is 5.63. The van der Waals surface area contributed by atoms with Crippen LogP contribution in [0.4, 0.5) is 5.69 Å². The molecule has 0 aliphatic heterocycles. The summed E-state index contributed by atoms with van der Waals surface area (Å²) >= 11 is 3.17. The van der Waals surface area contributed by atoms with Gasteiger partial charge in [-0.25, -0.2) is 0 Å². The minimum atomic E-state index is -0.108. The monoisotopic (exact) mass is 472 g/mol. The fourth-order valence-electron chi connectivity index (χ4n) is 4.01. The fourth-order valence-corrected chi connectivity index (χ4v) is 5.53. The topological polar surface area (TPSA) is 78.3 Å². The lowest BCUT2D eigenvalue weighted by Crippen LogP contribution is -2.18. The van der Waals surface area contributed by atoms with Crippen LogP contribution in [0.3, 0.4) is 0 Å². The van der Waals surface area contributed by atoms with E-state index in [0.717, 1.165) is 30.2 Å². The molecule has 1 N–H and O–H groups in total. The third-order valence-electron chi connectivity index (χ3n) is 5.55. The van der Waals surface area contributed by atoms with Crippen LogP contribution in [0.5, 0.6) is 11.5 Å². The molecule has 3 aromatic rings. The summed E-state index contributed by atoms with van der Waals surface area (Å²) in [6, 6.07) is 9.92. The van der Waals surface area contributed by atoms with Crippen LogP contribution >= 0.6 is 23.1 Å². The Bertz CT molecular complexity index is 1010. The Kier molecular flexibility index (Phi) is 7.70. The van der Waals surface area contributed by atoms with Crippen molar-refractivity contribution in [2.24, 2.45) is 0 Å². The smallest absolute Gasteiger partial charge is 0.234 e. The molecule has 0 unspecified atom stereocenters. The van der Waals surface area contributed by atoms with Crippen molar-refractivity contribution < 1.29 is 14.3 Å². The van der Waals surface area contributed by atoms with Gasteiger partial charge in [-0.3, -0.25) is 4.79 Å². The van der Waals surface area contributed by atoms with Crippen LogP contribution in [0.1, 0.15) is 48.8 Å². The van der Waals surface area contributed by atoms with Crippen molar-refractivity contribution in [2.45, 2.75) is 49.7 Å². The third-order valence-corrected chi connectivity index (χ3v) is 7.37. The van der Waals surface area contributed by atoms with Gasteiger partial charge in [0.1, 0.15) is 17.3 Å². The van der Waals surface area contributed by atoms with Crippen LogP contribution in [-0.2, 0) is 11.2 Å². The lowest BCUT2D eigenvalue weighted by Gasteiger charge is -2.25. The normalized spacial score (nSPS) is 14.3. The largest absolute Gasteiger partial charge is 0.497 e. The quantitative estimate of drug-likeness (QED) is 0.432. The van der Waals surface area contributed by atoms with Gasteiger partial charge in [0.15, 0.2) is 5.16 Å². The number of carbonyl (C=O) groups excluding carboxylic acids is 1. The maximum absolute atomic E-state index is 12.7. The van der Waals surface area contributed by atoms with Gasteiger partial charge in [0.2, 0.25) is 5.91 Å². The number of nitrogens with one attached hydrogen (secondary N) is 1. The molecule has 32 heavy (non-hydrogen) atoms. The van der Waals surface area contributed by atoms with Crippen LogP contribution in [0, 0.1) is 0 Å². The number of thioether (sulfide) groups is 1. The van der Waals surface area contributed by atoms with Crippen molar-refractivity contribution in [1.29, 1.82) is 0 Å². The number of nitrogens with zero attached hydrogens (tertiary/aromatic N) is 3. The van der Waals surface area contributed by atoms with E-state index in [1.807, 2.05) is 0 Å². The molecule has 4 rings (SSSR count). The van der Waals surface area contributed by atoms with E-state index in [9.17, 15) is 4.79 Å². The van der Waals surface area contributed by atoms with Crippen LogP contribution in [0.15, 0.2) is 40.9 Å². The van der Waals surface area contributed by atoms with Gasteiger partial charge in [-0.2, -0.15) is 0 Å². The minimum absolute atomic E-state index is 0.108. The average Bonchev–Trinajstić information content (AvgIpc) is 3.48. The lowest BCUT2D eigenvalue weighted by molar-refractivity contribution is -0.113. The first-order chi connectivity index (χ1) is 15.7. The van der Waals surface area contributed by atoms with Gasteiger partial charge in [-0.05, 0) is 24.3 Å². The fraction of sp³-hybridized carbons (Fsp3) is 0.435. The summed E-state index contributed by atoms with van der Waals surface area (Å²) < 4.78 is 12.8. The Morgan fingerprint density at radius 3 is 2.56 bits per heavy atom. The maximum atomic E-state index is 12.7. The van der Waals surface area contributed by atoms with Gasteiger partial charge in [-0.1, -0.05) is 37.1 Å². The summed E-state index contributed by atoms with van der Waals surface area (Å²) in [7, 11) is 3.17. The molecule has 0 spiro atoms. The molecule has 0 saturated heterocycles. The number of aromatic nitrogens is 3. The van der Waals surface area contributed by atoms with Crippen LogP contribution < -0.4 is 14.8 Å². The Labute approximate surface area is 196 Å². The second kappa shape index (κ2) is 10.9. The molecule has 2 aromatic heterocycles. The molecule has 7 nitrogen and oxygen atoms in total. The van der Waals surface area contributed by atoms with E-state index >= 15 is 0 Å². The van der Waals surface area contributed by atoms with Crippen molar-refractivity contribution in [3.05, 3.63) is 46.4 Å². The van der Waals surface area contributed by atoms with Crippen molar-refractivity contribution in [2.75, 3.05) is 25.3 Å². The summed E-state index contributed by atoms with van der Waals surface area (Å²) in [5.74, 6) is 2.39. The van der Waals surface area contributed by atoms with Crippen molar-refractivity contribution in [3.63, 3.8) is 0 Å². The van der Waals surface area contributed by atoms with E-state index in [-0.39, 0.29) is 11.7 Å². The molecule has 1 aliphatic rings. The highest BCUT2D eigenvalue weighted by Crippen LogP contribution is 2.33. The van der Waals surface area contributed by atoms with Gasteiger partial charge in [0.05, 0.1) is 20.0 Å². The predicted molar refractivity (Wildman–Crippen MR) is 128 cm³/mol. The number of methoxy groups -OCH3 is 2. The molecule has 170 valence electrons. The van der Waals surface area contributed by atoms with Gasteiger partial charge < -0.3 is 19.4 Å². The molecule has 1 saturated carbocycles. The molecule has 1 aromatic carbocycles. The van der Waals surface area contributed by atoms with Gasteiger partial charge in [0.25, 0.3) is 0 Å². The average molecular weight is 473 g/mol. The molecular formula is C23H28N4O3S2. The number of carbonyl (C=O) groups is 1. The molecule has 2 heterocycles. The van der Waals surface area contributed by atoms with Gasteiger partial charge in [-0.15, -0.1) is 21.5 Å². The first kappa shape index (κ1) is 22.7. The Balaban J connectivity index is 1.46. The summed E-state index contributed by atoms with van der Waals surface area (Å²) in [5.41, 5.74) is 0.638. The van der Waals surface area contributed by atoms with Crippen molar-refractivity contribution in [3.8, 4) is 11.5 Å². The number of anilines is 1. The van der Waals surface area contributed by atoms with Crippen molar-refractivity contribution in [1.82, 2.24) is 14.8 Å². The van der Waals surface area contributed by atoms with E-state index in [4.69, 9.17) is 9.47 Å². The lowest BCUT2D eigenvalue weighted by atomic mass is 9.95. The second-order valence-electron chi connectivity index (χ2n) is 7.75. The van der Waals surface area contributed by atoms with Gasteiger partial charge >= 0.3 is 0 Å². The SMILES string of the molecule is COc1cc(NC(=O)CSc2nnc(Cc3cccs3)n2C2CCCCC2)cc(OC)c1. The van der Waals surface area contributed by atoms with E-state index in [1.165, 1.54) is 35.9 Å². The minimum Gasteiger partial charge on any atom is -0.497 e.